The maximum absolute atomic E-state index is 12.6. The van der Waals surface area contributed by atoms with E-state index < -0.39 is 0 Å². The molecule has 156 valence electrons. The van der Waals surface area contributed by atoms with Gasteiger partial charge in [-0.05, 0) is 54.6 Å². The van der Waals surface area contributed by atoms with E-state index >= 15 is 0 Å². The second-order valence-corrected chi connectivity index (χ2v) is 9.27. The predicted molar refractivity (Wildman–Crippen MR) is 130 cm³/mol. The van der Waals surface area contributed by atoms with Crippen LogP contribution in [0.2, 0.25) is 5.02 Å². The minimum Gasteiger partial charge on any atom is -0.321 e. The molecule has 4 aromatic rings. The van der Waals surface area contributed by atoms with E-state index in [-0.39, 0.29) is 11.8 Å². The van der Waals surface area contributed by atoms with E-state index in [4.69, 9.17) is 11.6 Å². The number of nitrogens with zero attached hydrogens (tertiary/aromatic N) is 1. The molecule has 31 heavy (non-hydrogen) atoms. The van der Waals surface area contributed by atoms with Crippen LogP contribution in [0.5, 0.6) is 0 Å². The zero-order valence-corrected chi connectivity index (χ0v) is 19.1. The standard InChI is InChI=1S/C23H18ClN3O2S2/c1-13-5-10-17-19(12-13)31-21(20(17)24)23(29)27-26-14(2)15-6-8-16(9-7-15)25-22(28)18-4-3-11-30-18/h3-12H,1-2H3,(H,25,28)(H,27,29)/b26-14+. The molecule has 0 radical (unpaired) electrons. The van der Waals surface area contributed by atoms with Crippen LogP contribution < -0.4 is 10.7 Å². The van der Waals surface area contributed by atoms with Gasteiger partial charge in [0.1, 0.15) is 4.88 Å². The summed E-state index contributed by atoms with van der Waals surface area (Å²) in [5.74, 6) is -0.487. The quantitative estimate of drug-likeness (QED) is 0.266. The predicted octanol–water partition coefficient (Wildman–Crippen LogP) is 6.33. The molecule has 0 fully saturated rings. The van der Waals surface area contributed by atoms with Gasteiger partial charge < -0.3 is 5.32 Å². The molecule has 0 aliphatic carbocycles. The van der Waals surface area contributed by atoms with E-state index in [2.05, 4.69) is 15.8 Å². The topological polar surface area (TPSA) is 70.6 Å². The number of fused-ring (bicyclic) bond motifs is 1. The number of anilines is 1. The van der Waals surface area contributed by atoms with Crippen LogP contribution in [-0.2, 0) is 0 Å². The number of amides is 2. The third-order valence-corrected chi connectivity index (χ3v) is 7.15. The molecule has 8 heteroatoms. The molecule has 2 aromatic carbocycles. The van der Waals surface area contributed by atoms with Crippen molar-refractivity contribution in [3.05, 3.63) is 85.9 Å². The maximum atomic E-state index is 12.6. The number of hydrazone groups is 1. The minimum atomic E-state index is -0.344. The van der Waals surface area contributed by atoms with Crippen LogP contribution in [0, 0.1) is 6.92 Å². The number of nitrogens with one attached hydrogen (secondary N) is 2. The number of benzene rings is 2. The molecule has 0 aliphatic heterocycles. The number of halogens is 1. The van der Waals surface area contributed by atoms with Crippen molar-refractivity contribution >= 4 is 67.6 Å². The van der Waals surface area contributed by atoms with Crippen LogP contribution in [0.4, 0.5) is 5.69 Å². The van der Waals surface area contributed by atoms with E-state index in [9.17, 15) is 9.59 Å². The van der Waals surface area contributed by atoms with E-state index in [1.54, 1.807) is 25.1 Å². The summed E-state index contributed by atoms with van der Waals surface area (Å²) in [6.07, 6.45) is 0. The van der Waals surface area contributed by atoms with Gasteiger partial charge in [-0.15, -0.1) is 22.7 Å². The number of aryl methyl sites for hydroxylation is 1. The summed E-state index contributed by atoms with van der Waals surface area (Å²) < 4.78 is 0.969. The zero-order valence-electron chi connectivity index (χ0n) is 16.7. The van der Waals surface area contributed by atoms with E-state index in [1.807, 2.05) is 48.7 Å². The van der Waals surface area contributed by atoms with E-state index in [1.165, 1.54) is 22.7 Å². The fourth-order valence-electron chi connectivity index (χ4n) is 2.96. The Bertz CT molecular complexity index is 1290. The minimum absolute atomic E-state index is 0.143. The highest BCUT2D eigenvalue weighted by atomic mass is 35.5. The lowest BCUT2D eigenvalue weighted by Gasteiger charge is -2.06. The summed E-state index contributed by atoms with van der Waals surface area (Å²) in [6, 6.07) is 16.8. The zero-order chi connectivity index (χ0) is 22.0. The molecule has 0 unspecified atom stereocenters. The summed E-state index contributed by atoms with van der Waals surface area (Å²) in [7, 11) is 0. The van der Waals surface area contributed by atoms with Crippen molar-refractivity contribution in [2.75, 3.05) is 5.32 Å². The maximum Gasteiger partial charge on any atom is 0.283 e. The van der Waals surface area contributed by atoms with Gasteiger partial charge in [-0.1, -0.05) is 41.9 Å². The summed E-state index contributed by atoms with van der Waals surface area (Å²) >= 11 is 9.14. The Hall–Kier alpha value is -3.00. The molecule has 2 N–H and O–H groups in total. The second kappa shape index (κ2) is 9.01. The highest BCUT2D eigenvalue weighted by molar-refractivity contribution is 7.21. The van der Waals surface area contributed by atoms with Crippen molar-refractivity contribution in [3.63, 3.8) is 0 Å². The van der Waals surface area contributed by atoms with Gasteiger partial charge in [-0.2, -0.15) is 5.10 Å². The molecule has 2 amide bonds. The summed E-state index contributed by atoms with van der Waals surface area (Å²) in [6.45, 7) is 3.80. The van der Waals surface area contributed by atoms with Crippen LogP contribution in [-0.4, -0.2) is 17.5 Å². The first-order valence-electron chi connectivity index (χ1n) is 9.41. The van der Waals surface area contributed by atoms with Gasteiger partial charge in [-0.25, -0.2) is 5.43 Å². The molecule has 4 rings (SSSR count). The Kier molecular flexibility index (Phi) is 6.18. The number of rotatable bonds is 5. The van der Waals surface area contributed by atoms with Gasteiger partial charge in [-0.3, -0.25) is 9.59 Å². The Morgan fingerprint density at radius 2 is 1.81 bits per heavy atom. The average molecular weight is 468 g/mol. The lowest BCUT2D eigenvalue weighted by atomic mass is 10.1. The van der Waals surface area contributed by atoms with Crippen LogP contribution in [0.15, 0.2) is 65.1 Å². The third kappa shape index (κ3) is 4.69. The molecule has 0 saturated heterocycles. The first kappa shape index (κ1) is 21.2. The van der Waals surface area contributed by atoms with Crippen molar-refractivity contribution < 1.29 is 9.59 Å². The molecule has 0 bridgehead atoms. The molecule has 0 aliphatic rings. The summed E-state index contributed by atoms with van der Waals surface area (Å²) in [5, 5.41) is 10.2. The van der Waals surface area contributed by atoms with Gasteiger partial charge in [0, 0.05) is 15.8 Å². The summed E-state index contributed by atoms with van der Waals surface area (Å²) in [4.78, 5) is 25.8. The highest BCUT2D eigenvalue weighted by Crippen LogP contribution is 2.35. The molecular formula is C23H18ClN3O2S2. The van der Waals surface area contributed by atoms with Gasteiger partial charge >= 0.3 is 0 Å². The van der Waals surface area contributed by atoms with E-state index in [0.29, 0.717) is 26.2 Å². The number of thiophene rings is 2. The van der Waals surface area contributed by atoms with Crippen LogP contribution in [0.3, 0.4) is 0 Å². The Balaban J connectivity index is 1.44. The second-order valence-electron chi connectivity index (χ2n) is 6.89. The van der Waals surface area contributed by atoms with Crippen molar-refractivity contribution in [3.8, 4) is 0 Å². The molecule has 5 nitrogen and oxygen atoms in total. The van der Waals surface area contributed by atoms with Crippen molar-refractivity contribution in [1.29, 1.82) is 0 Å². The van der Waals surface area contributed by atoms with Crippen LogP contribution >= 0.6 is 34.3 Å². The highest BCUT2D eigenvalue weighted by Gasteiger charge is 2.17. The average Bonchev–Trinajstić information content (AvgIpc) is 3.41. The Morgan fingerprint density at radius 1 is 1.03 bits per heavy atom. The van der Waals surface area contributed by atoms with Crippen LogP contribution in [0.1, 0.15) is 37.4 Å². The van der Waals surface area contributed by atoms with E-state index in [0.717, 1.165) is 21.2 Å². The lowest BCUT2D eigenvalue weighted by Crippen LogP contribution is -2.18. The van der Waals surface area contributed by atoms with Crippen LogP contribution in [0.25, 0.3) is 10.1 Å². The molecule has 0 spiro atoms. The lowest BCUT2D eigenvalue weighted by molar-refractivity contribution is 0.0958. The fourth-order valence-corrected chi connectivity index (χ4v) is 5.09. The molecule has 0 atom stereocenters. The fraction of sp³-hybridized carbons (Fsp3) is 0.0870. The van der Waals surface area contributed by atoms with Gasteiger partial charge in [0.05, 0.1) is 15.6 Å². The van der Waals surface area contributed by atoms with Crippen molar-refractivity contribution in [1.82, 2.24) is 5.43 Å². The summed E-state index contributed by atoms with van der Waals surface area (Å²) in [5.41, 5.74) is 5.85. The first-order chi connectivity index (χ1) is 14.9. The third-order valence-electron chi connectivity index (χ3n) is 4.62. The Morgan fingerprint density at radius 3 is 2.52 bits per heavy atom. The molecule has 2 aromatic heterocycles. The van der Waals surface area contributed by atoms with Gasteiger partial charge in [0.2, 0.25) is 0 Å². The smallest absolute Gasteiger partial charge is 0.283 e. The SMILES string of the molecule is C/C(=N\NC(=O)c1sc2cc(C)ccc2c1Cl)c1ccc(NC(=O)c2cccs2)cc1. The molecular weight excluding hydrogens is 450 g/mol. The number of hydrogen-bond donors (Lipinski definition) is 2. The monoisotopic (exact) mass is 467 g/mol. The van der Waals surface area contributed by atoms with Gasteiger partial charge in [0.25, 0.3) is 11.8 Å². The number of carbonyl (C=O) groups is 2. The normalized spacial score (nSPS) is 11.5. The van der Waals surface area contributed by atoms with Gasteiger partial charge in [0.15, 0.2) is 0 Å². The Labute approximate surface area is 192 Å². The van der Waals surface area contributed by atoms with Crippen molar-refractivity contribution in [2.24, 2.45) is 5.10 Å². The largest absolute Gasteiger partial charge is 0.321 e. The number of carbonyl (C=O) groups excluding carboxylic acids is 2. The molecule has 0 saturated carbocycles. The number of hydrogen-bond acceptors (Lipinski definition) is 5. The molecule has 2 heterocycles. The first-order valence-corrected chi connectivity index (χ1v) is 11.5. The van der Waals surface area contributed by atoms with Crippen molar-refractivity contribution in [2.45, 2.75) is 13.8 Å².